The number of nitrogens with one attached hydrogen (secondary N) is 1. The van der Waals surface area contributed by atoms with Gasteiger partial charge in [-0.1, -0.05) is 38.0 Å². The molecule has 3 heteroatoms. The summed E-state index contributed by atoms with van der Waals surface area (Å²) >= 11 is 0. The predicted molar refractivity (Wildman–Crippen MR) is 97.9 cm³/mol. The number of amides is 1. The number of carbonyl (C=O) groups excluding carboxylic acids is 1. The molecule has 128 valence electrons. The Labute approximate surface area is 144 Å². The van der Waals surface area contributed by atoms with Crippen LogP contribution >= 0.6 is 0 Å². The molecule has 1 aliphatic heterocycles. The van der Waals surface area contributed by atoms with Crippen LogP contribution in [0.4, 0.5) is 0 Å². The molecule has 2 unspecified atom stereocenters. The van der Waals surface area contributed by atoms with Crippen molar-refractivity contribution in [1.82, 2.24) is 9.88 Å². The summed E-state index contributed by atoms with van der Waals surface area (Å²) in [6.45, 7) is 3.38. The smallest absolute Gasteiger partial charge is 0.223 e. The van der Waals surface area contributed by atoms with Gasteiger partial charge in [0.1, 0.15) is 0 Å². The van der Waals surface area contributed by atoms with Crippen molar-refractivity contribution in [2.45, 2.75) is 64.3 Å². The van der Waals surface area contributed by atoms with E-state index in [4.69, 9.17) is 0 Å². The Morgan fingerprint density at radius 1 is 1.25 bits per heavy atom. The van der Waals surface area contributed by atoms with Crippen molar-refractivity contribution in [3.63, 3.8) is 0 Å². The van der Waals surface area contributed by atoms with Gasteiger partial charge in [-0.25, -0.2) is 0 Å². The summed E-state index contributed by atoms with van der Waals surface area (Å²) in [5, 5.41) is 1.26. The number of likely N-dealkylation sites (tertiary alicyclic amines) is 1. The van der Waals surface area contributed by atoms with Crippen LogP contribution in [0, 0.1) is 5.41 Å². The number of carbonyl (C=O) groups is 1. The second-order valence-corrected chi connectivity index (χ2v) is 7.97. The molecule has 0 radical (unpaired) electrons. The van der Waals surface area contributed by atoms with E-state index in [0.717, 1.165) is 18.5 Å². The number of rotatable bonds is 3. The zero-order valence-electron chi connectivity index (χ0n) is 14.7. The zero-order valence-corrected chi connectivity index (χ0v) is 14.7. The van der Waals surface area contributed by atoms with Crippen molar-refractivity contribution < 1.29 is 4.79 Å². The van der Waals surface area contributed by atoms with E-state index >= 15 is 0 Å². The normalized spacial score (nSPS) is 27.2. The van der Waals surface area contributed by atoms with Gasteiger partial charge in [-0.3, -0.25) is 4.79 Å². The molecule has 1 aromatic carbocycles. The quantitative estimate of drug-likeness (QED) is 0.875. The largest absolute Gasteiger partial charge is 0.361 e. The minimum atomic E-state index is 0.359. The Bertz CT molecular complexity index is 730. The molecule has 2 fully saturated rings. The maximum absolute atomic E-state index is 12.9. The maximum atomic E-state index is 12.9. The molecule has 1 saturated heterocycles. The molecule has 4 rings (SSSR count). The van der Waals surface area contributed by atoms with E-state index in [-0.39, 0.29) is 0 Å². The molecule has 1 aliphatic carbocycles. The third-order valence-corrected chi connectivity index (χ3v) is 6.41. The minimum Gasteiger partial charge on any atom is -0.361 e. The highest BCUT2D eigenvalue weighted by atomic mass is 16.2. The molecular weight excluding hydrogens is 296 g/mol. The van der Waals surface area contributed by atoms with E-state index in [2.05, 4.69) is 41.2 Å². The van der Waals surface area contributed by atoms with Crippen LogP contribution in [0.2, 0.25) is 0 Å². The molecule has 1 N–H and O–H groups in total. The van der Waals surface area contributed by atoms with Gasteiger partial charge in [0, 0.05) is 36.1 Å². The van der Waals surface area contributed by atoms with Crippen LogP contribution in [-0.2, 0) is 11.2 Å². The summed E-state index contributed by atoms with van der Waals surface area (Å²) in [7, 11) is 0. The van der Waals surface area contributed by atoms with Gasteiger partial charge in [-0.2, -0.15) is 0 Å². The molecule has 24 heavy (non-hydrogen) atoms. The fourth-order valence-corrected chi connectivity index (χ4v) is 5.04. The Kier molecular flexibility index (Phi) is 4.11. The van der Waals surface area contributed by atoms with Gasteiger partial charge < -0.3 is 9.88 Å². The van der Waals surface area contributed by atoms with Gasteiger partial charge in [0.05, 0.1) is 0 Å². The van der Waals surface area contributed by atoms with Crippen molar-refractivity contribution in [1.29, 1.82) is 0 Å². The van der Waals surface area contributed by atoms with Crippen LogP contribution in [0.1, 0.15) is 57.4 Å². The lowest BCUT2D eigenvalue weighted by Crippen LogP contribution is -2.54. The lowest BCUT2D eigenvalue weighted by atomic mass is 9.66. The van der Waals surface area contributed by atoms with Crippen molar-refractivity contribution in [2.75, 3.05) is 6.54 Å². The first-order chi connectivity index (χ1) is 11.7. The van der Waals surface area contributed by atoms with E-state index in [0.29, 0.717) is 23.8 Å². The Hall–Kier alpha value is -1.77. The number of H-pyrrole nitrogens is 1. The molecule has 1 saturated carbocycles. The number of fused-ring (bicyclic) bond motifs is 2. The monoisotopic (exact) mass is 324 g/mol. The first-order valence-corrected chi connectivity index (χ1v) is 9.52. The molecule has 2 aliphatic rings. The number of para-hydroxylation sites is 1. The van der Waals surface area contributed by atoms with Crippen LogP contribution < -0.4 is 0 Å². The van der Waals surface area contributed by atoms with Gasteiger partial charge in [0.15, 0.2) is 0 Å². The highest BCUT2D eigenvalue weighted by Gasteiger charge is 2.43. The summed E-state index contributed by atoms with van der Waals surface area (Å²) in [6.07, 6.45) is 11.1. The van der Waals surface area contributed by atoms with Crippen LogP contribution in [0.25, 0.3) is 10.9 Å². The molecule has 0 spiro atoms. The SMILES string of the molecule is CC12CCCCC1N(C(=O)CCc1c[nH]c3ccccc13)CCC2. The van der Waals surface area contributed by atoms with Crippen molar-refractivity contribution in [3.05, 3.63) is 36.0 Å². The van der Waals surface area contributed by atoms with E-state index in [9.17, 15) is 4.79 Å². The number of aryl methyl sites for hydroxylation is 1. The topological polar surface area (TPSA) is 36.1 Å². The van der Waals surface area contributed by atoms with Crippen LogP contribution in [-0.4, -0.2) is 28.4 Å². The number of benzene rings is 1. The number of aromatic amines is 1. The Morgan fingerprint density at radius 2 is 2.08 bits per heavy atom. The molecule has 3 nitrogen and oxygen atoms in total. The van der Waals surface area contributed by atoms with Gasteiger partial charge in [-0.15, -0.1) is 0 Å². The summed E-state index contributed by atoms with van der Waals surface area (Å²) in [5.74, 6) is 0.359. The first kappa shape index (κ1) is 15.7. The summed E-state index contributed by atoms with van der Waals surface area (Å²) in [4.78, 5) is 18.5. The predicted octanol–water partition coefficient (Wildman–Crippen LogP) is 4.67. The second-order valence-electron chi connectivity index (χ2n) is 7.97. The van der Waals surface area contributed by atoms with E-state index < -0.39 is 0 Å². The Balaban J connectivity index is 1.46. The number of aromatic nitrogens is 1. The molecule has 1 amide bonds. The molecule has 1 aromatic heterocycles. The standard InChI is InChI=1S/C21H28N2O/c1-21-12-5-4-9-19(21)23(14-6-13-21)20(24)11-10-16-15-22-18-8-3-2-7-17(16)18/h2-3,7-8,15,19,22H,4-6,9-14H2,1H3. The van der Waals surface area contributed by atoms with Crippen molar-refractivity contribution >= 4 is 16.8 Å². The van der Waals surface area contributed by atoms with E-state index in [1.807, 2.05) is 6.07 Å². The molecule has 0 bridgehead atoms. The minimum absolute atomic E-state index is 0.359. The Morgan fingerprint density at radius 3 is 3.00 bits per heavy atom. The van der Waals surface area contributed by atoms with E-state index in [1.54, 1.807) is 0 Å². The first-order valence-electron chi connectivity index (χ1n) is 9.52. The third kappa shape index (κ3) is 2.74. The average Bonchev–Trinajstić information content (AvgIpc) is 3.01. The van der Waals surface area contributed by atoms with E-state index in [1.165, 1.54) is 49.5 Å². The van der Waals surface area contributed by atoms with Crippen molar-refractivity contribution in [3.8, 4) is 0 Å². The summed E-state index contributed by atoms with van der Waals surface area (Å²) in [5.41, 5.74) is 2.80. The average molecular weight is 324 g/mol. The fraction of sp³-hybridized carbons (Fsp3) is 0.571. The van der Waals surface area contributed by atoms with Gasteiger partial charge in [0.2, 0.25) is 5.91 Å². The number of hydrogen-bond donors (Lipinski definition) is 1. The lowest BCUT2D eigenvalue weighted by Gasteiger charge is -2.51. The molecular formula is C21H28N2O. The number of nitrogens with zero attached hydrogens (tertiary/aromatic N) is 1. The summed E-state index contributed by atoms with van der Waals surface area (Å²) in [6, 6.07) is 8.84. The molecule has 2 atom stereocenters. The maximum Gasteiger partial charge on any atom is 0.223 e. The van der Waals surface area contributed by atoms with Gasteiger partial charge in [-0.05, 0) is 49.1 Å². The third-order valence-electron chi connectivity index (χ3n) is 6.41. The van der Waals surface area contributed by atoms with Gasteiger partial charge >= 0.3 is 0 Å². The number of piperidine rings is 1. The highest BCUT2D eigenvalue weighted by molar-refractivity contribution is 5.84. The number of hydrogen-bond acceptors (Lipinski definition) is 1. The van der Waals surface area contributed by atoms with Crippen LogP contribution in [0.15, 0.2) is 30.5 Å². The van der Waals surface area contributed by atoms with Crippen LogP contribution in [0.5, 0.6) is 0 Å². The van der Waals surface area contributed by atoms with Crippen molar-refractivity contribution in [2.24, 2.45) is 5.41 Å². The highest BCUT2D eigenvalue weighted by Crippen LogP contribution is 2.45. The lowest BCUT2D eigenvalue weighted by molar-refractivity contribution is -0.141. The molecule has 2 aromatic rings. The summed E-state index contributed by atoms with van der Waals surface area (Å²) < 4.78 is 0. The second kappa shape index (κ2) is 6.27. The fourth-order valence-electron chi connectivity index (χ4n) is 5.04. The molecule has 2 heterocycles. The van der Waals surface area contributed by atoms with Crippen LogP contribution in [0.3, 0.4) is 0 Å². The van der Waals surface area contributed by atoms with Gasteiger partial charge in [0.25, 0.3) is 0 Å². The zero-order chi connectivity index (χ0) is 16.6.